The van der Waals surface area contributed by atoms with Crippen LogP contribution in [0.25, 0.3) is 0 Å². The maximum Gasteiger partial charge on any atom is 0.145 e. The van der Waals surface area contributed by atoms with Crippen molar-refractivity contribution in [2.24, 2.45) is 0 Å². The Morgan fingerprint density at radius 1 is 0.720 bits per heavy atom. The summed E-state index contributed by atoms with van der Waals surface area (Å²) in [5, 5.41) is 23.1. The highest BCUT2D eigenvalue weighted by Gasteiger charge is 2.41. The fraction of sp³-hybridized carbons (Fsp3) is 0.217. The van der Waals surface area contributed by atoms with Gasteiger partial charge in [-0.25, -0.2) is 0 Å². The van der Waals surface area contributed by atoms with Crippen molar-refractivity contribution in [1.29, 1.82) is 0 Å². The van der Waals surface area contributed by atoms with Crippen LogP contribution in [0, 0.1) is 20.8 Å². The lowest BCUT2D eigenvalue weighted by molar-refractivity contribution is -0.0523. The van der Waals surface area contributed by atoms with Crippen molar-refractivity contribution in [2.45, 2.75) is 32.5 Å². The maximum atomic E-state index is 11.7. The van der Waals surface area contributed by atoms with Crippen molar-refractivity contribution in [3.05, 3.63) is 106 Å². The van der Waals surface area contributed by atoms with Gasteiger partial charge in [0.1, 0.15) is 11.7 Å². The summed E-state index contributed by atoms with van der Waals surface area (Å²) in [5.74, 6) is 0. The molecular formula is C23H24O2. The van der Waals surface area contributed by atoms with Crippen LogP contribution in [-0.2, 0) is 5.60 Å². The number of hydrogen-bond acceptors (Lipinski definition) is 2. The summed E-state index contributed by atoms with van der Waals surface area (Å²) in [7, 11) is 0. The van der Waals surface area contributed by atoms with Gasteiger partial charge in [0.25, 0.3) is 0 Å². The number of rotatable bonds is 4. The Morgan fingerprint density at radius 3 is 1.52 bits per heavy atom. The van der Waals surface area contributed by atoms with E-state index in [0.717, 1.165) is 22.3 Å². The third-order valence-electron chi connectivity index (χ3n) is 4.83. The molecule has 0 radical (unpaired) electrons. The van der Waals surface area contributed by atoms with Crippen LogP contribution in [0.1, 0.15) is 39.5 Å². The Bertz CT molecular complexity index is 791. The molecule has 0 aromatic heterocycles. The van der Waals surface area contributed by atoms with Gasteiger partial charge in [0.15, 0.2) is 0 Å². The van der Waals surface area contributed by atoms with Gasteiger partial charge < -0.3 is 10.2 Å². The lowest BCUT2D eigenvalue weighted by Crippen LogP contribution is -2.35. The standard InChI is InChI=1S/C23H24O2/c1-16-14-17(2)21(18(3)15-16)22(24)23(25,19-10-6-4-7-11-19)20-12-8-5-9-13-20/h4-15,22,24-25H,1-3H3. The molecule has 0 fully saturated rings. The van der Waals surface area contributed by atoms with Crippen LogP contribution in [0.15, 0.2) is 72.8 Å². The molecule has 1 unspecified atom stereocenters. The van der Waals surface area contributed by atoms with E-state index in [9.17, 15) is 10.2 Å². The summed E-state index contributed by atoms with van der Waals surface area (Å²) >= 11 is 0. The molecule has 0 bridgehead atoms. The topological polar surface area (TPSA) is 40.5 Å². The lowest BCUT2D eigenvalue weighted by Gasteiger charge is -2.36. The first-order chi connectivity index (χ1) is 11.9. The van der Waals surface area contributed by atoms with Gasteiger partial charge in [-0.1, -0.05) is 78.4 Å². The molecule has 0 aliphatic carbocycles. The Labute approximate surface area is 149 Å². The van der Waals surface area contributed by atoms with Crippen molar-refractivity contribution >= 4 is 0 Å². The van der Waals surface area contributed by atoms with Crippen LogP contribution >= 0.6 is 0 Å². The van der Waals surface area contributed by atoms with E-state index in [1.54, 1.807) is 0 Å². The molecule has 2 heteroatoms. The summed E-state index contributed by atoms with van der Waals surface area (Å²) in [6.45, 7) is 6.00. The third-order valence-corrected chi connectivity index (χ3v) is 4.83. The number of aryl methyl sites for hydroxylation is 3. The second kappa shape index (κ2) is 6.83. The Balaban J connectivity index is 2.23. The Hall–Kier alpha value is -2.42. The second-order valence-electron chi connectivity index (χ2n) is 6.71. The van der Waals surface area contributed by atoms with Crippen molar-refractivity contribution in [3.63, 3.8) is 0 Å². The normalized spacial score (nSPS) is 12.8. The van der Waals surface area contributed by atoms with Gasteiger partial charge >= 0.3 is 0 Å². The van der Waals surface area contributed by atoms with Crippen molar-refractivity contribution in [1.82, 2.24) is 0 Å². The van der Waals surface area contributed by atoms with Gasteiger partial charge in [-0.15, -0.1) is 0 Å². The van der Waals surface area contributed by atoms with Gasteiger partial charge in [-0.05, 0) is 48.6 Å². The van der Waals surface area contributed by atoms with Gasteiger partial charge in [0.2, 0.25) is 0 Å². The molecule has 0 saturated heterocycles. The van der Waals surface area contributed by atoms with E-state index in [1.165, 1.54) is 0 Å². The average molecular weight is 332 g/mol. The Morgan fingerprint density at radius 2 is 1.12 bits per heavy atom. The van der Waals surface area contributed by atoms with Crippen LogP contribution in [0.2, 0.25) is 0 Å². The lowest BCUT2D eigenvalue weighted by atomic mass is 9.77. The highest BCUT2D eigenvalue weighted by Crippen LogP contribution is 2.42. The molecule has 0 heterocycles. The molecule has 0 saturated carbocycles. The fourth-order valence-electron chi connectivity index (χ4n) is 3.70. The quantitative estimate of drug-likeness (QED) is 0.734. The minimum absolute atomic E-state index is 0.674. The van der Waals surface area contributed by atoms with E-state index < -0.39 is 11.7 Å². The molecule has 0 spiro atoms. The summed E-state index contributed by atoms with van der Waals surface area (Å²) in [6, 6.07) is 22.8. The van der Waals surface area contributed by atoms with E-state index >= 15 is 0 Å². The largest absolute Gasteiger partial charge is 0.385 e. The van der Waals surface area contributed by atoms with E-state index in [1.807, 2.05) is 93.6 Å². The third kappa shape index (κ3) is 3.11. The number of benzene rings is 3. The molecule has 0 aliphatic heterocycles. The van der Waals surface area contributed by atoms with Crippen molar-refractivity contribution < 1.29 is 10.2 Å². The minimum atomic E-state index is -1.52. The summed E-state index contributed by atoms with van der Waals surface area (Å²) in [6.07, 6.45) is -1.07. The first kappa shape index (κ1) is 17.4. The molecule has 0 aliphatic rings. The van der Waals surface area contributed by atoms with Crippen LogP contribution in [-0.4, -0.2) is 10.2 Å². The molecule has 1 atom stereocenters. The first-order valence-corrected chi connectivity index (χ1v) is 8.54. The highest BCUT2D eigenvalue weighted by molar-refractivity contribution is 5.46. The fourth-order valence-corrected chi connectivity index (χ4v) is 3.70. The van der Waals surface area contributed by atoms with E-state index in [0.29, 0.717) is 11.1 Å². The molecule has 2 N–H and O–H groups in total. The Kier molecular flexibility index (Phi) is 4.76. The molecule has 0 amide bonds. The van der Waals surface area contributed by atoms with Gasteiger partial charge in [0.05, 0.1) is 0 Å². The van der Waals surface area contributed by atoms with Crippen LogP contribution in [0.5, 0.6) is 0 Å². The van der Waals surface area contributed by atoms with Crippen LogP contribution in [0.3, 0.4) is 0 Å². The number of aliphatic hydroxyl groups is 2. The predicted molar refractivity (Wildman–Crippen MR) is 101 cm³/mol. The van der Waals surface area contributed by atoms with Gasteiger partial charge in [0, 0.05) is 0 Å². The van der Waals surface area contributed by atoms with Crippen LogP contribution < -0.4 is 0 Å². The van der Waals surface area contributed by atoms with Gasteiger partial charge in [-0.2, -0.15) is 0 Å². The smallest absolute Gasteiger partial charge is 0.145 e. The van der Waals surface area contributed by atoms with Gasteiger partial charge in [-0.3, -0.25) is 0 Å². The monoisotopic (exact) mass is 332 g/mol. The predicted octanol–water partition coefficient (Wildman–Crippen LogP) is 4.58. The van der Waals surface area contributed by atoms with E-state index in [4.69, 9.17) is 0 Å². The van der Waals surface area contributed by atoms with E-state index in [-0.39, 0.29) is 0 Å². The minimum Gasteiger partial charge on any atom is -0.385 e. The zero-order valence-electron chi connectivity index (χ0n) is 14.9. The summed E-state index contributed by atoms with van der Waals surface area (Å²) in [4.78, 5) is 0. The summed E-state index contributed by atoms with van der Waals surface area (Å²) < 4.78 is 0. The highest BCUT2D eigenvalue weighted by atomic mass is 16.3. The number of aliphatic hydroxyl groups excluding tert-OH is 1. The van der Waals surface area contributed by atoms with Crippen molar-refractivity contribution in [2.75, 3.05) is 0 Å². The molecule has 3 aromatic rings. The maximum absolute atomic E-state index is 11.7. The summed E-state index contributed by atoms with van der Waals surface area (Å²) in [5.41, 5.74) is 3.72. The molecule has 2 nitrogen and oxygen atoms in total. The SMILES string of the molecule is Cc1cc(C)c(C(O)C(O)(c2ccccc2)c2ccccc2)c(C)c1. The van der Waals surface area contributed by atoms with E-state index in [2.05, 4.69) is 0 Å². The molecule has 3 aromatic carbocycles. The average Bonchev–Trinajstić information content (AvgIpc) is 2.61. The van der Waals surface area contributed by atoms with Crippen LogP contribution in [0.4, 0.5) is 0 Å². The molecule has 25 heavy (non-hydrogen) atoms. The van der Waals surface area contributed by atoms with Crippen molar-refractivity contribution in [3.8, 4) is 0 Å². The number of hydrogen-bond donors (Lipinski definition) is 2. The molecular weight excluding hydrogens is 308 g/mol. The zero-order valence-corrected chi connectivity index (χ0v) is 14.9. The molecule has 128 valence electrons. The zero-order chi connectivity index (χ0) is 18.0. The first-order valence-electron chi connectivity index (χ1n) is 8.54. The molecule has 3 rings (SSSR count). The second-order valence-corrected chi connectivity index (χ2v) is 6.71.